The van der Waals surface area contributed by atoms with Crippen molar-refractivity contribution >= 4 is 11.6 Å². The molecule has 0 atom stereocenters. The van der Waals surface area contributed by atoms with Gasteiger partial charge in [-0.15, -0.1) is 0 Å². The van der Waals surface area contributed by atoms with Gasteiger partial charge in [0, 0.05) is 12.5 Å². The van der Waals surface area contributed by atoms with Gasteiger partial charge in [0.1, 0.15) is 6.61 Å². The normalized spacial score (nSPS) is 14.2. The maximum absolute atomic E-state index is 11.1. The third-order valence-corrected chi connectivity index (χ3v) is 3.13. The molecule has 0 spiro atoms. The first-order chi connectivity index (χ1) is 9.13. The molecule has 0 aromatic heterocycles. The van der Waals surface area contributed by atoms with E-state index in [4.69, 9.17) is 4.84 Å². The summed E-state index contributed by atoms with van der Waals surface area (Å²) in [6.07, 6.45) is 2.41. The summed E-state index contributed by atoms with van der Waals surface area (Å²) in [6.45, 7) is 1.73. The summed E-state index contributed by atoms with van der Waals surface area (Å²) in [5.74, 6) is 0.145. The summed E-state index contributed by atoms with van der Waals surface area (Å²) in [7, 11) is 0. The quantitative estimate of drug-likeness (QED) is 0.632. The van der Waals surface area contributed by atoms with E-state index in [0.29, 0.717) is 17.9 Å². The van der Waals surface area contributed by atoms with E-state index < -0.39 is 4.92 Å². The molecule has 0 saturated heterocycles. The molecule has 6 heteroatoms. The summed E-state index contributed by atoms with van der Waals surface area (Å²) in [5.41, 5.74) is 3.84. The SMILES string of the molecule is CCC(=O)NOCc1c(C2CC2)cccc1[N+](=O)[O-]. The van der Waals surface area contributed by atoms with E-state index in [1.54, 1.807) is 13.0 Å². The summed E-state index contributed by atoms with van der Waals surface area (Å²) in [4.78, 5) is 26.8. The van der Waals surface area contributed by atoms with Crippen LogP contribution in [0.15, 0.2) is 18.2 Å². The lowest BCUT2D eigenvalue weighted by Gasteiger charge is -2.10. The highest BCUT2D eigenvalue weighted by molar-refractivity contribution is 5.74. The van der Waals surface area contributed by atoms with Gasteiger partial charge in [-0.3, -0.25) is 19.7 Å². The molecular formula is C13H16N2O4. The average Bonchev–Trinajstić information content (AvgIpc) is 3.22. The highest BCUT2D eigenvalue weighted by Crippen LogP contribution is 2.43. The van der Waals surface area contributed by atoms with Gasteiger partial charge in [0.05, 0.1) is 10.5 Å². The molecule has 1 aliphatic rings. The van der Waals surface area contributed by atoms with Gasteiger partial charge >= 0.3 is 0 Å². The number of nitro groups is 1. The number of nitrogens with zero attached hydrogens (tertiary/aromatic N) is 1. The molecule has 0 heterocycles. The number of benzene rings is 1. The molecule has 0 unspecified atom stereocenters. The van der Waals surface area contributed by atoms with E-state index in [2.05, 4.69) is 5.48 Å². The Morgan fingerprint density at radius 3 is 2.84 bits per heavy atom. The second-order valence-corrected chi connectivity index (χ2v) is 4.54. The Kier molecular flexibility index (Phi) is 4.11. The second kappa shape index (κ2) is 5.79. The largest absolute Gasteiger partial charge is 0.275 e. The summed E-state index contributed by atoms with van der Waals surface area (Å²) >= 11 is 0. The van der Waals surface area contributed by atoms with Crippen LogP contribution in [0.1, 0.15) is 43.2 Å². The predicted octanol–water partition coefficient (Wildman–Crippen LogP) is 2.43. The third-order valence-electron chi connectivity index (χ3n) is 3.13. The fourth-order valence-electron chi connectivity index (χ4n) is 1.96. The number of hydrogen-bond donors (Lipinski definition) is 1. The van der Waals surface area contributed by atoms with Gasteiger partial charge in [-0.2, -0.15) is 0 Å². The Labute approximate surface area is 110 Å². The number of nitro benzene ring substituents is 1. The lowest BCUT2D eigenvalue weighted by atomic mass is 10.0. The van der Waals surface area contributed by atoms with Crippen LogP contribution in [-0.4, -0.2) is 10.8 Å². The maximum Gasteiger partial charge on any atom is 0.275 e. The van der Waals surface area contributed by atoms with Crippen molar-refractivity contribution in [2.45, 2.75) is 38.7 Å². The smallest absolute Gasteiger partial charge is 0.273 e. The standard InChI is InChI=1S/C13H16N2O4/c1-2-13(16)14-19-8-11-10(9-6-7-9)4-3-5-12(11)15(17)18/h3-5,9H,2,6-8H2,1H3,(H,14,16). The van der Waals surface area contributed by atoms with Crippen LogP contribution in [0.3, 0.4) is 0 Å². The molecule has 1 aromatic carbocycles. The first-order valence-electron chi connectivity index (χ1n) is 6.30. The molecule has 0 bridgehead atoms. The minimum Gasteiger partial charge on any atom is -0.273 e. The molecule has 1 N–H and O–H groups in total. The first kappa shape index (κ1) is 13.5. The Morgan fingerprint density at radius 2 is 2.26 bits per heavy atom. The van der Waals surface area contributed by atoms with Crippen molar-refractivity contribution in [3.8, 4) is 0 Å². The molecule has 2 rings (SSSR count). The van der Waals surface area contributed by atoms with E-state index in [0.717, 1.165) is 18.4 Å². The topological polar surface area (TPSA) is 81.5 Å². The highest BCUT2D eigenvalue weighted by Gasteiger charge is 2.29. The minimum absolute atomic E-state index is 0.0225. The minimum atomic E-state index is -0.411. The Hall–Kier alpha value is -1.95. The zero-order chi connectivity index (χ0) is 13.8. The van der Waals surface area contributed by atoms with Gasteiger partial charge in [0.2, 0.25) is 5.91 Å². The Balaban J connectivity index is 2.15. The van der Waals surface area contributed by atoms with Crippen molar-refractivity contribution in [1.29, 1.82) is 0 Å². The van der Waals surface area contributed by atoms with Crippen molar-refractivity contribution < 1.29 is 14.6 Å². The number of rotatable bonds is 6. The number of amides is 1. The second-order valence-electron chi connectivity index (χ2n) is 4.54. The molecule has 1 amide bonds. The van der Waals surface area contributed by atoms with Gasteiger partial charge in [-0.25, -0.2) is 5.48 Å². The van der Waals surface area contributed by atoms with Crippen molar-refractivity contribution in [2.75, 3.05) is 0 Å². The van der Waals surface area contributed by atoms with Crippen LogP contribution in [0, 0.1) is 10.1 Å². The fraction of sp³-hybridized carbons (Fsp3) is 0.462. The van der Waals surface area contributed by atoms with Gasteiger partial charge in [0.25, 0.3) is 5.69 Å². The number of hydrogen-bond acceptors (Lipinski definition) is 4. The van der Waals surface area contributed by atoms with Crippen LogP contribution in [-0.2, 0) is 16.2 Å². The molecule has 6 nitrogen and oxygen atoms in total. The molecule has 1 aromatic rings. The van der Waals surface area contributed by atoms with Crippen molar-refractivity contribution in [3.63, 3.8) is 0 Å². The summed E-state index contributed by atoms with van der Waals surface area (Å²) < 4.78 is 0. The van der Waals surface area contributed by atoms with Crippen LogP contribution < -0.4 is 5.48 Å². The number of hydroxylamine groups is 1. The summed E-state index contributed by atoms with van der Waals surface area (Å²) in [5, 5.41) is 11.0. The highest BCUT2D eigenvalue weighted by atomic mass is 16.7. The lowest BCUT2D eigenvalue weighted by molar-refractivity contribution is -0.386. The molecular weight excluding hydrogens is 248 g/mol. The monoisotopic (exact) mass is 264 g/mol. The molecule has 0 radical (unpaired) electrons. The lowest BCUT2D eigenvalue weighted by Crippen LogP contribution is -2.22. The van der Waals surface area contributed by atoms with Gasteiger partial charge in [-0.1, -0.05) is 19.1 Å². The van der Waals surface area contributed by atoms with Crippen LogP contribution >= 0.6 is 0 Å². The van der Waals surface area contributed by atoms with Gasteiger partial charge in [-0.05, 0) is 24.3 Å². The molecule has 102 valence electrons. The zero-order valence-electron chi connectivity index (χ0n) is 10.7. The van der Waals surface area contributed by atoms with Gasteiger partial charge < -0.3 is 0 Å². The average molecular weight is 264 g/mol. The number of carbonyl (C=O) groups is 1. The Bertz CT molecular complexity index is 497. The molecule has 1 fully saturated rings. The van der Waals surface area contributed by atoms with Gasteiger partial charge in [0.15, 0.2) is 0 Å². The molecule has 19 heavy (non-hydrogen) atoms. The molecule has 1 saturated carbocycles. The van der Waals surface area contributed by atoms with E-state index in [-0.39, 0.29) is 18.2 Å². The van der Waals surface area contributed by atoms with Crippen LogP contribution in [0.5, 0.6) is 0 Å². The van der Waals surface area contributed by atoms with E-state index in [1.807, 2.05) is 6.07 Å². The molecule has 1 aliphatic carbocycles. The molecule has 0 aliphatic heterocycles. The predicted molar refractivity (Wildman–Crippen MR) is 68.3 cm³/mol. The Morgan fingerprint density at radius 1 is 1.53 bits per heavy atom. The third kappa shape index (κ3) is 3.29. The zero-order valence-corrected chi connectivity index (χ0v) is 10.7. The van der Waals surface area contributed by atoms with Crippen molar-refractivity contribution in [3.05, 3.63) is 39.4 Å². The first-order valence-corrected chi connectivity index (χ1v) is 6.30. The van der Waals surface area contributed by atoms with E-state index in [9.17, 15) is 14.9 Å². The summed E-state index contributed by atoms with van der Waals surface area (Å²) in [6, 6.07) is 5.05. The number of carbonyl (C=O) groups excluding carboxylic acids is 1. The van der Waals surface area contributed by atoms with E-state index in [1.165, 1.54) is 6.07 Å². The van der Waals surface area contributed by atoms with Crippen molar-refractivity contribution in [1.82, 2.24) is 5.48 Å². The maximum atomic E-state index is 11.1. The number of nitrogens with one attached hydrogen (secondary N) is 1. The fourth-order valence-corrected chi connectivity index (χ4v) is 1.96. The van der Waals surface area contributed by atoms with E-state index >= 15 is 0 Å². The van der Waals surface area contributed by atoms with Crippen LogP contribution in [0.25, 0.3) is 0 Å². The van der Waals surface area contributed by atoms with Crippen LogP contribution in [0.4, 0.5) is 5.69 Å². The van der Waals surface area contributed by atoms with Crippen molar-refractivity contribution in [2.24, 2.45) is 0 Å². The van der Waals surface area contributed by atoms with Crippen LogP contribution in [0.2, 0.25) is 0 Å².